The Labute approximate surface area is 363 Å². The minimum atomic E-state index is -1.16. The number of aldehydes is 1. The molecule has 4 aliphatic heterocycles. The summed E-state index contributed by atoms with van der Waals surface area (Å²) in [7, 11) is 1.51. The van der Waals surface area contributed by atoms with Gasteiger partial charge in [-0.15, -0.1) is 0 Å². The van der Waals surface area contributed by atoms with Crippen LogP contribution in [0.15, 0.2) is 52.9 Å². The van der Waals surface area contributed by atoms with Crippen LogP contribution in [0, 0.1) is 24.1 Å². The number of halogens is 1. The predicted octanol–water partition coefficient (Wildman–Crippen LogP) is 5.33. The van der Waals surface area contributed by atoms with Crippen molar-refractivity contribution in [2.45, 2.75) is 115 Å². The first-order valence-electron chi connectivity index (χ1n) is 22.1. The van der Waals surface area contributed by atoms with E-state index in [-0.39, 0.29) is 36.4 Å². The van der Waals surface area contributed by atoms with Crippen molar-refractivity contribution in [3.8, 4) is 6.07 Å². The number of likely N-dealkylation sites (N-methyl/N-ethyl adjacent to an activating group) is 1. The van der Waals surface area contributed by atoms with Crippen LogP contribution in [0.3, 0.4) is 0 Å². The minimum absolute atomic E-state index is 0.128. The quantitative estimate of drug-likeness (QED) is 0.183. The van der Waals surface area contributed by atoms with Gasteiger partial charge in [0.2, 0.25) is 5.91 Å². The third-order valence-corrected chi connectivity index (χ3v) is 12.8. The summed E-state index contributed by atoms with van der Waals surface area (Å²) in [5.74, 6) is -1.85. The molecule has 4 N–H and O–H groups in total. The number of aliphatic hydroxyl groups is 1. The van der Waals surface area contributed by atoms with Crippen LogP contribution in [0.2, 0.25) is 0 Å². The van der Waals surface area contributed by atoms with Gasteiger partial charge in [0.25, 0.3) is 5.91 Å². The summed E-state index contributed by atoms with van der Waals surface area (Å²) in [4.78, 5) is 45.4. The van der Waals surface area contributed by atoms with E-state index in [0.717, 1.165) is 93.5 Å². The Morgan fingerprint density at radius 2 is 1.82 bits per heavy atom. The molecular formula is C46H60FN11O4. The molecule has 2 atom stereocenters. The fourth-order valence-corrected chi connectivity index (χ4v) is 9.42. The summed E-state index contributed by atoms with van der Waals surface area (Å²) >= 11 is 0. The van der Waals surface area contributed by atoms with Crippen molar-refractivity contribution in [2.75, 3.05) is 56.5 Å². The lowest BCUT2D eigenvalue weighted by atomic mass is 9.95. The molecule has 5 aliphatic rings. The van der Waals surface area contributed by atoms with Gasteiger partial charge in [-0.3, -0.25) is 29.2 Å². The van der Waals surface area contributed by atoms with Crippen LogP contribution in [0.5, 0.6) is 0 Å². The number of hydrogen-bond acceptors (Lipinski definition) is 12. The molecule has 0 spiro atoms. The number of carbonyl (C=O) groups is 3. The normalized spacial score (nSPS) is 20.4. The highest BCUT2D eigenvalue weighted by Crippen LogP contribution is 2.36. The van der Waals surface area contributed by atoms with Crippen molar-refractivity contribution in [2.24, 2.45) is 5.10 Å². The highest BCUT2D eigenvalue weighted by Gasteiger charge is 2.33. The van der Waals surface area contributed by atoms with Gasteiger partial charge >= 0.3 is 0 Å². The summed E-state index contributed by atoms with van der Waals surface area (Å²) in [6, 6.07) is 8.24. The highest BCUT2D eigenvalue weighted by molar-refractivity contribution is 6.05. The average molecular weight is 850 g/mol. The molecule has 15 nitrogen and oxygen atoms in total. The monoisotopic (exact) mass is 849 g/mol. The largest absolute Gasteiger partial charge is 0.386 e. The number of aryl methyl sites for hydroxylation is 1. The first-order chi connectivity index (χ1) is 29.9. The van der Waals surface area contributed by atoms with Gasteiger partial charge in [-0.2, -0.15) is 15.5 Å². The van der Waals surface area contributed by atoms with Crippen LogP contribution in [-0.2, 0) is 20.0 Å². The number of amides is 2. The molecule has 6 heterocycles. The smallest absolute Gasteiger partial charge is 0.273 e. The summed E-state index contributed by atoms with van der Waals surface area (Å²) < 4.78 is 17.0. The Hall–Kier alpha value is -5.50. The number of fused-ring (bicyclic) bond motifs is 2. The SMILES string of the molecule is CC(C)(O)c1cc2nn(C3CCCCC3)cc2cc1NC(=O)C1=CCC2C=C(C#N)C=NN12.CNC(=O)C(CCC=O)c1nc(C)c(N2CCC(N3CCNCC3)CC2)cc1F. The van der Waals surface area contributed by atoms with Gasteiger partial charge in [0.15, 0.2) is 0 Å². The van der Waals surface area contributed by atoms with E-state index in [1.165, 1.54) is 38.6 Å². The molecule has 1 aromatic carbocycles. The number of nitriles is 1. The number of piperazine rings is 1. The highest BCUT2D eigenvalue weighted by atomic mass is 19.1. The lowest BCUT2D eigenvalue weighted by Crippen LogP contribution is -2.52. The summed E-state index contributed by atoms with van der Waals surface area (Å²) in [6.45, 7) is 11.3. The molecule has 0 bridgehead atoms. The lowest BCUT2D eigenvalue weighted by Gasteiger charge is -2.41. The molecular weight excluding hydrogens is 790 g/mol. The second-order valence-electron chi connectivity index (χ2n) is 17.5. The zero-order valence-electron chi connectivity index (χ0n) is 36.4. The van der Waals surface area contributed by atoms with E-state index < -0.39 is 17.3 Å². The number of benzene rings is 1. The maximum Gasteiger partial charge on any atom is 0.273 e. The number of pyridine rings is 1. The van der Waals surface area contributed by atoms with Gasteiger partial charge in [0.1, 0.15) is 23.9 Å². The third kappa shape index (κ3) is 10.1. The number of allylic oxidation sites excluding steroid dienone is 1. The molecule has 8 rings (SSSR count). The molecule has 2 saturated heterocycles. The minimum Gasteiger partial charge on any atom is -0.386 e. The van der Waals surface area contributed by atoms with Gasteiger partial charge in [-0.25, -0.2) is 4.39 Å². The molecule has 0 radical (unpaired) electrons. The number of rotatable bonds is 11. The van der Waals surface area contributed by atoms with Crippen molar-refractivity contribution < 1.29 is 23.9 Å². The second kappa shape index (κ2) is 19.7. The number of anilines is 2. The summed E-state index contributed by atoms with van der Waals surface area (Å²) in [5, 5.41) is 40.5. The van der Waals surface area contributed by atoms with Gasteiger partial charge in [-0.05, 0) is 77.5 Å². The van der Waals surface area contributed by atoms with Crippen LogP contribution in [-0.4, -0.2) is 112 Å². The third-order valence-electron chi connectivity index (χ3n) is 12.8. The molecule has 2 amide bonds. The number of aromatic nitrogens is 3. The van der Waals surface area contributed by atoms with E-state index in [1.54, 1.807) is 18.9 Å². The molecule has 3 aromatic rings. The lowest BCUT2D eigenvalue weighted by molar-refractivity contribution is -0.122. The zero-order valence-corrected chi connectivity index (χ0v) is 36.4. The van der Waals surface area contributed by atoms with Crippen molar-refractivity contribution >= 4 is 46.6 Å². The van der Waals surface area contributed by atoms with Gasteiger partial charge in [0.05, 0.1) is 58.0 Å². The van der Waals surface area contributed by atoms with Crippen LogP contribution in [0.25, 0.3) is 10.9 Å². The maximum absolute atomic E-state index is 15.0. The Morgan fingerprint density at radius 3 is 2.50 bits per heavy atom. The Bertz CT molecular complexity index is 2250. The van der Waals surface area contributed by atoms with Crippen LogP contribution >= 0.6 is 0 Å². The van der Waals surface area contributed by atoms with Crippen LogP contribution in [0.4, 0.5) is 15.8 Å². The number of hydrazone groups is 1. The fourth-order valence-electron chi connectivity index (χ4n) is 9.42. The molecule has 2 unspecified atom stereocenters. The fraction of sp³-hybridized carbons (Fsp3) is 0.543. The summed E-state index contributed by atoms with van der Waals surface area (Å²) in [6.07, 6.45) is 17.1. The van der Waals surface area contributed by atoms with E-state index in [2.05, 4.69) is 46.6 Å². The molecule has 1 aliphatic carbocycles. The number of nitrogens with one attached hydrogen (secondary N) is 3. The molecule has 1 saturated carbocycles. The van der Waals surface area contributed by atoms with Crippen molar-refractivity contribution in [3.63, 3.8) is 0 Å². The number of piperidine rings is 1. The number of carbonyl (C=O) groups excluding carboxylic acids is 3. The van der Waals surface area contributed by atoms with E-state index in [0.29, 0.717) is 41.0 Å². The molecule has 62 heavy (non-hydrogen) atoms. The van der Waals surface area contributed by atoms with Gasteiger partial charge in [0, 0.05) is 87.7 Å². The van der Waals surface area contributed by atoms with E-state index in [4.69, 9.17) is 10.4 Å². The van der Waals surface area contributed by atoms with Crippen molar-refractivity contribution in [1.82, 2.24) is 35.3 Å². The average Bonchev–Trinajstić information content (AvgIpc) is 3.92. The van der Waals surface area contributed by atoms with E-state index >= 15 is 0 Å². The van der Waals surface area contributed by atoms with Crippen LogP contribution in [0.1, 0.15) is 107 Å². The van der Waals surface area contributed by atoms with Crippen LogP contribution < -0.4 is 20.9 Å². The van der Waals surface area contributed by atoms with Gasteiger partial charge in [-0.1, -0.05) is 25.3 Å². The molecule has 330 valence electrons. The number of hydrogen-bond donors (Lipinski definition) is 4. The van der Waals surface area contributed by atoms with Gasteiger partial charge < -0.3 is 30.8 Å². The number of nitrogens with zero attached hydrogens (tertiary/aromatic N) is 8. The maximum atomic E-state index is 15.0. The Kier molecular flexibility index (Phi) is 14.1. The Balaban J connectivity index is 0.000000188. The predicted molar refractivity (Wildman–Crippen MR) is 237 cm³/mol. The topological polar surface area (TPSA) is 184 Å². The van der Waals surface area contributed by atoms with Crippen molar-refractivity contribution in [1.29, 1.82) is 5.26 Å². The van der Waals surface area contributed by atoms with E-state index in [9.17, 15) is 23.9 Å². The zero-order chi connectivity index (χ0) is 44.0. The molecule has 3 fully saturated rings. The standard InChI is InChI=1S/C25H28N6O2.C21H32FN5O2/c1-25(2,33)20-12-21-17(15-30(29-21)18-6-4-3-5-7-18)11-22(20)28-24(32)23-9-8-19-10-16(13-26)14-27-31(19)23;1-15-19(27-9-5-16(6-10-27)26-11-7-24-8-12-26)14-18(22)20(25-15)17(4-3-13-28)21(29)23-2/h9-12,14-15,18-19,33H,3-8H2,1-2H3,(H,28,32);13-14,16-17,24H,3-12H2,1-2H3,(H,23,29). The van der Waals surface area contributed by atoms with Crippen molar-refractivity contribution in [3.05, 3.63) is 70.6 Å². The first kappa shape index (κ1) is 44.6. The first-order valence-corrected chi connectivity index (χ1v) is 22.1. The molecule has 16 heteroatoms. The second-order valence-corrected chi connectivity index (χ2v) is 17.5. The van der Waals surface area contributed by atoms with E-state index in [1.807, 2.05) is 37.4 Å². The molecule has 2 aromatic heterocycles. The summed E-state index contributed by atoms with van der Waals surface area (Å²) in [5.41, 5.74) is 3.40. The Morgan fingerprint density at radius 1 is 1.08 bits per heavy atom.